The van der Waals surface area contributed by atoms with Crippen molar-refractivity contribution in [1.82, 2.24) is 20.3 Å². The second-order valence-electron chi connectivity index (χ2n) is 5.45. The molecule has 0 aliphatic rings. The van der Waals surface area contributed by atoms with E-state index in [2.05, 4.69) is 15.6 Å². The molecule has 6 nitrogen and oxygen atoms in total. The fourth-order valence-electron chi connectivity index (χ4n) is 1.99. The van der Waals surface area contributed by atoms with Gasteiger partial charge in [0.05, 0.1) is 17.4 Å². The molecule has 0 saturated heterocycles. The highest BCUT2D eigenvalue weighted by atomic mass is 35.5. The van der Waals surface area contributed by atoms with E-state index in [9.17, 15) is 4.79 Å². The van der Waals surface area contributed by atoms with Gasteiger partial charge in [-0.25, -0.2) is 4.68 Å². The van der Waals surface area contributed by atoms with Crippen LogP contribution >= 0.6 is 12.4 Å². The third-order valence-corrected chi connectivity index (χ3v) is 3.21. The van der Waals surface area contributed by atoms with Gasteiger partial charge in [-0.05, 0) is 38.9 Å². The van der Waals surface area contributed by atoms with Crippen molar-refractivity contribution in [1.29, 1.82) is 0 Å². The lowest BCUT2D eigenvalue weighted by atomic mass is 10.0. The SMILES string of the molecule is CC(C)(NC(=O)CCCN)c1cn(-c2ccccc2)nn1.Cl. The van der Waals surface area contributed by atoms with Crippen LogP contribution in [0.4, 0.5) is 0 Å². The van der Waals surface area contributed by atoms with Gasteiger partial charge in [0.1, 0.15) is 5.69 Å². The minimum atomic E-state index is -0.571. The second-order valence-corrected chi connectivity index (χ2v) is 5.45. The van der Waals surface area contributed by atoms with Crippen molar-refractivity contribution >= 4 is 18.3 Å². The van der Waals surface area contributed by atoms with Gasteiger partial charge in [0.2, 0.25) is 5.91 Å². The molecule has 0 bridgehead atoms. The van der Waals surface area contributed by atoms with Crippen LogP contribution in [-0.2, 0) is 10.3 Å². The number of aromatic nitrogens is 3. The van der Waals surface area contributed by atoms with E-state index in [0.717, 1.165) is 5.69 Å². The van der Waals surface area contributed by atoms with E-state index in [0.29, 0.717) is 25.1 Å². The Kier molecular flexibility index (Phi) is 6.52. The van der Waals surface area contributed by atoms with Crippen LogP contribution in [0.25, 0.3) is 5.69 Å². The first kappa shape index (κ1) is 18.1. The Balaban J connectivity index is 0.00000242. The summed E-state index contributed by atoms with van der Waals surface area (Å²) in [7, 11) is 0. The van der Waals surface area contributed by atoms with Crippen molar-refractivity contribution in [3.8, 4) is 5.69 Å². The minimum absolute atomic E-state index is 0. The summed E-state index contributed by atoms with van der Waals surface area (Å²) in [5.74, 6) is -0.0280. The monoisotopic (exact) mass is 323 g/mol. The van der Waals surface area contributed by atoms with Crippen LogP contribution < -0.4 is 11.1 Å². The number of hydrogen-bond donors (Lipinski definition) is 2. The Labute approximate surface area is 136 Å². The zero-order valence-corrected chi connectivity index (χ0v) is 13.6. The number of nitrogens with zero attached hydrogens (tertiary/aromatic N) is 3. The number of halogens is 1. The van der Waals surface area contributed by atoms with Gasteiger partial charge in [0.25, 0.3) is 0 Å². The van der Waals surface area contributed by atoms with E-state index < -0.39 is 5.54 Å². The lowest BCUT2D eigenvalue weighted by Crippen LogP contribution is -2.41. The van der Waals surface area contributed by atoms with Crippen molar-refractivity contribution in [2.24, 2.45) is 5.73 Å². The lowest BCUT2D eigenvalue weighted by molar-refractivity contribution is -0.122. The maximum Gasteiger partial charge on any atom is 0.220 e. The van der Waals surface area contributed by atoms with Crippen molar-refractivity contribution in [3.05, 3.63) is 42.2 Å². The third-order valence-electron chi connectivity index (χ3n) is 3.21. The van der Waals surface area contributed by atoms with Crippen molar-refractivity contribution in [2.45, 2.75) is 32.2 Å². The number of nitrogens with two attached hydrogens (primary N) is 1. The Morgan fingerprint density at radius 2 is 2.00 bits per heavy atom. The summed E-state index contributed by atoms with van der Waals surface area (Å²) in [4.78, 5) is 11.8. The molecule has 1 aromatic heterocycles. The van der Waals surface area contributed by atoms with Gasteiger partial charge in [-0.2, -0.15) is 0 Å². The number of benzene rings is 1. The van der Waals surface area contributed by atoms with Crippen molar-refractivity contribution < 1.29 is 4.79 Å². The molecule has 2 aromatic rings. The summed E-state index contributed by atoms with van der Waals surface area (Å²) in [5, 5.41) is 11.3. The molecule has 120 valence electrons. The van der Waals surface area contributed by atoms with E-state index in [1.807, 2.05) is 50.4 Å². The van der Waals surface area contributed by atoms with Crippen LogP contribution in [-0.4, -0.2) is 27.4 Å². The van der Waals surface area contributed by atoms with Crippen LogP contribution in [0.5, 0.6) is 0 Å². The smallest absolute Gasteiger partial charge is 0.220 e. The molecular formula is C15H22ClN5O. The summed E-state index contributed by atoms with van der Waals surface area (Å²) in [6, 6.07) is 9.73. The standard InChI is InChI=1S/C15H21N5O.ClH/c1-15(2,17-14(21)9-6-10-16)13-11-20(19-18-13)12-7-4-3-5-8-12;/h3-5,7-8,11H,6,9-10,16H2,1-2H3,(H,17,21);1H. The first-order valence-corrected chi connectivity index (χ1v) is 7.02. The fraction of sp³-hybridized carbons (Fsp3) is 0.400. The van der Waals surface area contributed by atoms with Gasteiger partial charge in [-0.1, -0.05) is 23.4 Å². The van der Waals surface area contributed by atoms with Gasteiger partial charge in [0, 0.05) is 6.42 Å². The molecule has 22 heavy (non-hydrogen) atoms. The number of carbonyl (C=O) groups is 1. The molecule has 1 amide bonds. The Morgan fingerprint density at radius 1 is 1.32 bits per heavy atom. The number of nitrogens with one attached hydrogen (secondary N) is 1. The molecule has 3 N–H and O–H groups in total. The van der Waals surface area contributed by atoms with E-state index in [1.54, 1.807) is 4.68 Å². The quantitative estimate of drug-likeness (QED) is 0.848. The molecule has 1 aromatic carbocycles. The predicted molar refractivity (Wildman–Crippen MR) is 88.1 cm³/mol. The Morgan fingerprint density at radius 3 is 2.64 bits per heavy atom. The molecule has 0 radical (unpaired) electrons. The lowest BCUT2D eigenvalue weighted by Gasteiger charge is -2.23. The molecule has 2 rings (SSSR count). The highest BCUT2D eigenvalue weighted by Crippen LogP contribution is 2.18. The van der Waals surface area contributed by atoms with Gasteiger partial charge >= 0.3 is 0 Å². The third kappa shape index (κ3) is 4.54. The molecule has 0 unspecified atom stereocenters. The van der Waals surface area contributed by atoms with Crippen LogP contribution in [0, 0.1) is 0 Å². The first-order valence-electron chi connectivity index (χ1n) is 7.02. The van der Waals surface area contributed by atoms with Crippen LogP contribution in [0.2, 0.25) is 0 Å². The van der Waals surface area contributed by atoms with Gasteiger partial charge in [0.15, 0.2) is 0 Å². The van der Waals surface area contributed by atoms with Gasteiger partial charge in [-0.3, -0.25) is 4.79 Å². The topological polar surface area (TPSA) is 85.8 Å². The van der Waals surface area contributed by atoms with Crippen molar-refractivity contribution in [3.63, 3.8) is 0 Å². The Hall–Kier alpha value is -1.92. The van der Waals surface area contributed by atoms with Crippen LogP contribution in [0.1, 0.15) is 32.4 Å². The number of rotatable bonds is 6. The summed E-state index contributed by atoms with van der Waals surface area (Å²) in [5.41, 5.74) is 6.49. The van der Waals surface area contributed by atoms with E-state index in [4.69, 9.17) is 5.73 Å². The maximum absolute atomic E-state index is 11.8. The largest absolute Gasteiger partial charge is 0.345 e. The summed E-state index contributed by atoms with van der Waals surface area (Å²) in [6.45, 7) is 4.33. The average Bonchev–Trinajstić information content (AvgIpc) is 2.96. The second kappa shape index (κ2) is 7.91. The van der Waals surface area contributed by atoms with Crippen LogP contribution in [0.15, 0.2) is 36.5 Å². The zero-order valence-electron chi connectivity index (χ0n) is 12.8. The summed E-state index contributed by atoms with van der Waals surface area (Å²) in [6.07, 6.45) is 2.93. The highest BCUT2D eigenvalue weighted by molar-refractivity contribution is 5.85. The molecule has 7 heteroatoms. The van der Waals surface area contributed by atoms with Crippen molar-refractivity contribution in [2.75, 3.05) is 6.54 Å². The van der Waals surface area contributed by atoms with Gasteiger partial charge in [-0.15, -0.1) is 17.5 Å². The normalized spacial score (nSPS) is 10.9. The fourth-order valence-corrected chi connectivity index (χ4v) is 1.99. The first-order chi connectivity index (χ1) is 10.0. The van der Waals surface area contributed by atoms with Gasteiger partial charge < -0.3 is 11.1 Å². The summed E-state index contributed by atoms with van der Waals surface area (Å²) >= 11 is 0. The van der Waals surface area contributed by atoms with Crippen LogP contribution in [0.3, 0.4) is 0 Å². The highest BCUT2D eigenvalue weighted by Gasteiger charge is 2.26. The molecule has 0 atom stereocenters. The zero-order chi connectivity index (χ0) is 15.3. The molecule has 0 fully saturated rings. The van der Waals surface area contributed by atoms with E-state index >= 15 is 0 Å². The molecular weight excluding hydrogens is 302 g/mol. The predicted octanol–water partition coefficient (Wildman–Crippen LogP) is 1.78. The molecule has 0 spiro atoms. The molecule has 0 saturated carbocycles. The summed E-state index contributed by atoms with van der Waals surface area (Å²) < 4.78 is 1.70. The number of carbonyl (C=O) groups excluding carboxylic acids is 1. The minimum Gasteiger partial charge on any atom is -0.345 e. The maximum atomic E-state index is 11.8. The number of hydrogen-bond acceptors (Lipinski definition) is 4. The average molecular weight is 324 g/mol. The van der Waals surface area contributed by atoms with E-state index in [1.165, 1.54) is 0 Å². The molecule has 1 heterocycles. The molecule has 0 aliphatic heterocycles. The Bertz CT molecular complexity index is 597. The number of para-hydroxylation sites is 1. The molecule has 0 aliphatic carbocycles. The number of amides is 1. The van der Waals surface area contributed by atoms with E-state index in [-0.39, 0.29) is 18.3 Å².